The van der Waals surface area contributed by atoms with Gasteiger partial charge in [0.25, 0.3) is 0 Å². The first-order chi connectivity index (χ1) is 6.18. The van der Waals surface area contributed by atoms with Gasteiger partial charge in [-0.15, -0.1) is 0 Å². The summed E-state index contributed by atoms with van der Waals surface area (Å²) in [5.74, 6) is -0.106. The number of rotatable bonds is 1. The predicted octanol–water partition coefficient (Wildman–Crippen LogP) is 0.262. The molecular weight excluding hydrogens is 168 g/mol. The fraction of sp³-hybridized carbons (Fsp3) is 0.111. The standard InChI is InChI=1S/C9H6N2O2/c1-5(12)6-3-2-4-7-8(6)11-9(13)10-7/h2-4H,1H3. The number of carbonyl (C=O) groups is 2. The van der Waals surface area contributed by atoms with Crippen molar-refractivity contribution in [1.29, 1.82) is 0 Å². The van der Waals surface area contributed by atoms with Crippen molar-refractivity contribution in [3.05, 3.63) is 34.5 Å². The van der Waals surface area contributed by atoms with Crippen LogP contribution in [-0.4, -0.2) is 11.8 Å². The Kier molecular flexibility index (Phi) is 1.55. The molecule has 1 aromatic rings. The summed E-state index contributed by atoms with van der Waals surface area (Å²) >= 11 is 0. The Morgan fingerprint density at radius 2 is 2.08 bits per heavy atom. The van der Waals surface area contributed by atoms with Gasteiger partial charge in [-0.2, -0.15) is 9.98 Å². The zero-order valence-corrected chi connectivity index (χ0v) is 6.94. The number of hydrogen-bond acceptors (Lipinski definition) is 2. The second-order valence-corrected chi connectivity index (χ2v) is 2.74. The first-order valence-corrected chi connectivity index (χ1v) is 3.80. The minimum Gasteiger partial charge on any atom is -0.294 e. The van der Waals surface area contributed by atoms with Crippen LogP contribution in [0.2, 0.25) is 0 Å². The van der Waals surface area contributed by atoms with E-state index in [0.29, 0.717) is 16.3 Å². The minimum atomic E-state index is -0.538. The molecule has 1 aromatic carbocycles. The molecule has 0 saturated heterocycles. The van der Waals surface area contributed by atoms with Crippen LogP contribution >= 0.6 is 0 Å². The second-order valence-electron chi connectivity index (χ2n) is 2.74. The highest BCUT2D eigenvalue weighted by Gasteiger charge is 2.10. The molecule has 4 heteroatoms. The van der Waals surface area contributed by atoms with E-state index in [9.17, 15) is 9.59 Å². The van der Waals surface area contributed by atoms with Crippen LogP contribution in [0.15, 0.2) is 28.2 Å². The number of fused-ring (bicyclic) bond motifs is 1. The van der Waals surface area contributed by atoms with Crippen molar-refractivity contribution in [2.24, 2.45) is 9.98 Å². The lowest BCUT2D eigenvalue weighted by molar-refractivity contribution is 0.101. The average Bonchev–Trinajstić information content (AvgIpc) is 2.43. The van der Waals surface area contributed by atoms with E-state index in [4.69, 9.17) is 0 Å². The summed E-state index contributed by atoms with van der Waals surface area (Å²) in [5, 5.41) is 0.887. The highest BCUT2D eigenvalue weighted by Crippen LogP contribution is 1.93. The summed E-state index contributed by atoms with van der Waals surface area (Å²) in [4.78, 5) is 29.2. The van der Waals surface area contributed by atoms with Gasteiger partial charge in [0.05, 0.1) is 5.36 Å². The average molecular weight is 174 g/mol. The van der Waals surface area contributed by atoms with Gasteiger partial charge in [-0.25, -0.2) is 4.79 Å². The Morgan fingerprint density at radius 3 is 2.77 bits per heavy atom. The molecule has 0 N–H and O–H groups in total. The van der Waals surface area contributed by atoms with E-state index in [0.717, 1.165) is 0 Å². The van der Waals surface area contributed by atoms with Crippen LogP contribution in [-0.2, 0) is 0 Å². The number of ketones is 1. The monoisotopic (exact) mass is 174 g/mol. The molecule has 0 atom stereocenters. The highest BCUT2D eigenvalue weighted by atomic mass is 16.2. The Bertz CT molecular complexity index is 517. The van der Waals surface area contributed by atoms with E-state index in [2.05, 4.69) is 9.98 Å². The van der Waals surface area contributed by atoms with E-state index in [1.807, 2.05) is 0 Å². The van der Waals surface area contributed by atoms with Gasteiger partial charge in [0, 0.05) is 5.56 Å². The molecule has 1 aliphatic heterocycles. The summed E-state index contributed by atoms with van der Waals surface area (Å²) < 4.78 is 0. The second kappa shape index (κ2) is 2.58. The molecule has 0 bridgehead atoms. The van der Waals surface area contributed by atoms with Crippen LogP contribution < -0.4 is 10.7 Å². The Hall–Kier alpha value is -1.84. The van der Waals surface area contributed by atoms with Crippen molar-refractivity contribution in [3.8, 4) is 0 Å². The third-order valence-electron chi connectivity index (χ3n) is 1.82. The fourth-order valence-corrected chi connectivity index (χ4v) is 1.25. The van der Waals surface area contributed by atoms with Crippen LogP contribution in [0.5, 0.6) is 0 Å². The number of nitrogens with zero attached hydrogens (tertiary/aromatic N) is 2. The normalized spacial score (nSPS) is 13.2. The third kappa shape index (κ3) is 1.16. The molecular formula is C9H6N2O2. The van der Waals surface area contributed by atoms with Crippen molar-refractivity contribution >= 4 is 11.8 Å². The Morgan fingerprint density at radius 1 is 1.31 bits per heavy atom. The molecule has 1 heterocycles. The minimum absolute atomic E-state index is 0.106. The molecule has 1 aliphatic rings. The van der Waals surface area contributed by atoms with E-state index in [-0.39, 0.29) is 5.78 Å². The maximum Gasteiger partial charge on any atom is 0.368 e. The fourth-order valence-electron chi connectivity index (χ4n) is 1.25. The number of Topliss-reactive ketones (excluding diaryl/α,β-unsaturated/α-hetero) is 1. The number of carbonyl (C=O) groups excluding carboxylic acids is 2. The number of para-hydroxylation sites is 1. The quantitative estimate of drug-likeness (QED) is 0.573. The number of benzene rings is 1. The van der Waals surface area contributed by atoms with Crippen LogP contribution in [0.3, 0.4) is 0 Å². The van der Waals surface area contributed by atoms with Crippen LogP contribution in [0.1, 0.15) is 17.3 Å². The van der Waals surface area contributed by atoms with Crippen molar-refractivity contribution in [2.45, 2.75) is 6.92 Å². The molecule has 2 rings (SSSR count). The first-order valence-electron chi connectivity index (χ1n) is 3.80. The van der Waals surface area contributed by atoms with Crippen LogP contribution in [0, 0.1) is 0 Å². The summed E-state index contributed by atoms with van der Waals surface area (Å²) in [7, 11) is 0. The third-order valence-corrected chi connectivity index (χ3v) is 1.82. The molecule has 0 spiro atoms. The van der Waals surface area contributed by atoms with Crippen molar-refractivity contribution in [3.63, 3.8) is 0 Å². The molecule has 0 aromatic heterocycles. The van der Waals surface area contributed by atoms with Gasteiger partial charge >= 0.3 is 6.03 Å². The summed E-state index contributed by atoms with van der Waals surface area (Å²) in [6, 6.07) is 4.45. The lowest BCUT2D eigenvalue weighted by Gasteiger charge is -1.91. The molecule has 0 unspecified atom stereocenters. The molecule has 0 fully saturated rings. The lowest BCUT2D eigenvalue weighted by atomic mass is 10.1. The molecule has 0 radical (unpaired) electrons. The van der Waals surface area contributed by atoms with Gasteiger partial charge in [0.2, 0.25) is 0 Å². The number of amides is 2. The van der Waals surface area contributed by atoms with E-state index < -0.39 is 6.03 Å². The summed E-state index contributed by atoms with van der Waals surface area (Å²) in [5.41, 5.74) is 0.451. The molecule has 2 amide bonds. The SMILES string of the molecule is CC(=O)c1cccc2c1=NC(=O)N=2. The maximum absolute atomic E-state index is 11.1. The zero-order chi connectivity index (χ0) is 9.42. The van der Waals surface area contributed by atoms with Gasteiger partial charge in [-0.1, -0.05) is 6.07 Å². The molecule has 64 valence electrons. The number of urea groups is 1. The molecule has 4 nitrogen and oxygen atoms in total. The number of hydrogen-bond donors (Lipinski definition) is 0. The van der Waals surface area contributed by atoms with Gasteiger partial charge in [0.15, 0.2) is 5.78 Å². The van der Waals surface area contributed by atoms with Gasteiger partial charge < -0.3 is 0 Å². The van der Waals surface area contributed by atoms with Crippen molar-refractivity contribution in [1.82, 2.24) is 0 Å². The predicted molar refractivity (Wildman–Crippen MR) is 44.2 cm³/mol. The highest BCUT2D eigenvalue weighted by molar-refractivity contribution is 5.94. The van der Waals surface area contributed by atoms with E-state index in [1.165, 1.54) is 6.92 Å². The van der Waals surface area contributed by atoms with Crippen molar-refractivity contribution in [2.75, 3.05) is 0 Å². The molecule has 0 aliphatic carbocycles. The van der Waals surface area contributed by atoms with Crippen molar-refractivity contribution < 1.29 is 9.59 Å². The molecule has 13 heavy (non-hydrogen) atoms. The van der Waals surface area contributed by atoms with Gasteiger partial charge in [-0.3, -0.25) is 4.79 Å². The smallest absolute Gasteiger partial charge is 0.294 e. The van der Waals surface area contributed by atoms with E-state index in [1.54, 1.807) is 18.2 Å². The zero-order valence-electron chi connectivity index (χ0n) is 6.94. The maximum atomic E-state index is 11.1. The van der Waals surface area contributed by atoms with Crippen LogP contribution in [0.25, 0.3) is 0 Å². The first kappa shape index (κ1) is 7.79. The molecule has 0 saturated carbocycles. The van der Waals surface area contributed by atoms with Crippen LogP contribution in [0.4, 0.5) is 4.79 Å². The largest absolute Gasteiger partial charge is 0.368 e. The van der Waals surface area contributed by atoms with Gasteiger partial charge in [0.1, 0.15) is 5.36 Å². The topological polar surface area (TPSA) is 58.9 Å². The summed E-state index contributed by atoms with van der Waals surface area (Å²) in [6.45, 7) is 1.44. The lowest BCUT2D eigenvalue weighted by Crippen LogP contribution is -2.27. The van der Waals surface area contributed by atoms with Gasteiger partial charge in [-0.05, 0) is 19.1 Å². The Labute approximate surface area is 73.6 Å². The Balaban J connectivity index is 2.88. The van der Waals surface area contributed by atoms with E-state index >= 15 is 0 Å². The summed E-state index contributed by atoms with van der Waals surface area (Å²) in [6.07, 6.45) is 0.